The van der Waals surface area contributed by atoms with Crippen molar-refractivity contribution < 1.29 is 19.8 Å². The first-order valence-electron chi connectivity index (χ1n) is 7.34. The Morgan fingerprint density at radius 3 is 2.25 bits per heavy atom. The number of benzene rings is 2. The summed E-state index contributed by atoms with van der Waals surface area (Å²) in [6, 6.07) is 7.75. The third-order valence-corrected chi connectivity index (χ3v) is 4.18. The summed E-state index contributed by atoms with van der Waals surface area (Å²) in [6.45, 7) is 5.02. The van der Waals surface area contributed by atoms with Gasteiger partial charge in [-0.3, -0.25) is 9.59 Å². The summed E-state index contributed by atoms with van der Waals surface area (Å²) in [5.74, 6) is -1.95. The number of hydrogen-bond donors (Lipinski definition) is 3. The first-order chi connectivity index (χ1) is 11.2. The molecule has 5 nitrogen and oxygen atoms in total. The first-order valence-corrected chi connectivity index (χ1v) is 7.72. The van der Waals surface area contributed by atoms with Crippen LogP contribution in [0.1, 0.15) is 39.9 Å². The first kappa shape index (κ1) is 17.8. The Hall–Kier alpha value is -2.53. The van der Waals surface area contributed by atoms with E-state index in [9.17, 15) is 14.7 Å². The highest BCUT2D eigenvalue weighted by Crippen LogP contribution is 2.28. The normalized spacial score (nSPS) is 11.8. The second-order valence-electron chi connectivity index (χ2n) is 5.71. The van der Waals surface area contributed by atoms with Crippen LogP contribution in [0.4, 0.5) is 5.69 Å². The van der Waals surface area contributed by atoms with Gasteiger partial charge < -0.3 is 15.5 Å². The number of anilines is 1. The Bertz CT molecular complexity index is 794. The number of carboxylic acids is 1. The summed E-state index contributed by atoms with van der Waals surface area (Å²) in [7, 11) is 0. The SMILES string of the molecule is Cc1cc(O)cc(C)c1C(=O)Nc1cc(C(C)C(=O)O)ccc1Cl. The van der Waals surface area contributed by atoms with E-state index in [1.807, 2.05) is 0 Å². The van der Waals surface area contributed by atoms with Gasteiger partial charge in [0.25, 0.3) is 5.91 Å². The number of phenolic OH excluding ortho intramolecular Hbond substituents is 1. The van der Waals surface area contributed by atoms with E-state index in [0.717, 1.165) is 0 Å². The number of carbonyl (C=O) groups is 2. The summed E-state index contributed by atoms with van der Waals surface area (Å²) < 4.78 is 0. The van der Waals surface area contributed by atoms with Crippen molar-refractivity contribution in [2.24, 2.45) is 0 Å². The standard InChI is InChI=1S/C18H18ClNO4/c1-9-6-13(21)7-10(2)16(9)17(22)20-15-8-12(4-5-14(15)19)11(3)18(23)24/h4-8,11,21H,1-3H3,(H,20,22)(H,23,24). The smallest absolute Gasteiger partial charge is 0.310 e. The van der Waals surface area contributed by atoms with Crippen LogP contribution in [-0.2, 0) is 4.79 Å². The van der Waals surface area contributed by atoms with Crippen molar-refractivity contribution in [1.29, 1.82) is 0 Å². The molecule has 2 aromatic carbocycles. The van der Waals surface area contributed by atoms with E-state index in [4.69, 9.17) is 16.7 Å². The average Bonchev–Trinajstić information content (AvgIpc) is 2.47. The largest absolute Gasteiger partial charge is 0.508 e. The van der Waals surface area contributed by atoms with Gasteiger partial charge in [0.1, 0.15) is 5.75 Å². The Morgan fingerprint density at radius 1 is 1.12 bits per heavy atom. The van der Waals surface area contributed by atoms with Crippen LogP contribution in [0.3, 0.4) is 0 Å². The lowest BCUT2D eigenvalue weighted by molar-refractivity contribution is -0.138. The third kappa shape index (κ3) is 3.68. The van der Waals surface area contributed by atoms with Crippen molar-refractivity contribution in [1.82, 2.24) is 0 Å². The monoisotopic (exact) mass is 347 g/mol. The Morgan fingerprint density at radius 2 is 1.71 bits per heavy atom. The fraction of sp³-hybridized carbons (Fsp3) is 0.222. The molecule has 0 bridgehead atoms. The predicted octanol–water partition coefficient (Wildman–Crippen LogP) is 4.10. The highest BCUT2D eigenvalue weighted by atomic mass is 35.5. The molecule has 6 heteroatoms. The number of aryl methyl sites for hydroxylation is 2. The molecule has 0 spiro atoms. The molecule has 126 valence electrons. The summed E-state index contributed by atoms with van der Waals surface area (Å²) in [4.78, 5) is 23.7. The van der Waals surface area contributed by atoms with Crippen LogP contribution < -0.4 is 5.32 Å². The zero-order valence-corrected chi connectivity index (χ0v) is 14.3. The van der Waals surface area contributed by atoms with Gasteiger partial charge in [-0.15, -0.1) is 0 Å². The molecule has 24 heavy (non-hydrogen) atoms. The fourth-order valence-electron chi connectivity index (χ4n) is 2.53. The Balaban J connectivity index is 2.36. The van der Waals surface area contributed by atoms with Crippen LogP contribution in [0, 0.1) is 13.8 Å². The van der Waals surface area contributed by atoms with Crippen LogP contribution in [0.15, 0.2) is 30.3 Å². The van der Waals surface area contributed by atoms with Gasteiger partial charge in [-0.2, -0.15) is 0 Å². The molecule has 0 aliphatic carbocycles. The number of halogens is 1. The molecule has 0 aromatic heterocycles. The number of aliphatic carboxylic acids is 1. The van der Waals surface area contributed by atoms with Crippen molar-refractivity contribution in [3.63, 3.8) is 0 Å². The van der Waals surface area contributed by atoms with Crippen molar-refractivity contribution in [3.8, 4) is 5.75 Å². The number of rotatable bonds is 4. The molecule has 0 saturated heterocycles. The third-order valence-electron chi connectivity index (χ3n) is 3.85. The number of amides is 1. The zero-order valence-electron chi connectivity index (χ0n) is 13.6. The summed E-state index contributed by atoms with van der Waals surface area (Å²) >= 11 is 6.11. The van der Waals surface area contributed by atoms with E-state index in [1.165, 1.54) is 12.1 Å². The summed E-state index contributed by atoms with van der Waals surface area (Å²) in [5.41, 5.74) is 2.61. The van der Waals surface area contributed by atoms with Gasteiger partial charge in [-0.1, -0.05) is 17.7 Å². The van der Waals surface area contributed by atoms with Gasteiger partial charge in [0.05, 0.1) is 16.6 Å². The zero-order chi connectivity index (χ0) is 18.0. The molecule has 3 N–H and O–H groups in total. The van der Waals surface area contributed by atoms with Gasteiger partial charge in [0.15, 0.2) is 0 Å². The highest BCUT2D eigenvalue weighted by molar-refractivity contribution is 6.34. The van der Waals surface area contributed by atoms with Crippen molar-refractivity contribution in [3.05, 3.63) is 57.6 Å². The minimum absolute atomic E-state index is 0.0943. The van der Waals surface area contributed by atoms with Crippen molar-refractivity contribution in [2.45, 2.75) is 26.7 Å². The van der Waals surface area contributed by atoms with Gasteiger partial charge in [0, 0.05) is 5.56 Å². The molecule has 0 aliphatic rings. The van der Waals surface area contributed by atoms with Crippen LogP contribution in [-0.4, -0.2) is 22.1 Å². The van der Waals surface area contributed by atoms with Gasteiger partial charge in [0.2, 0.25) is 0 Å². The van der Waals surface area contributed by atoms with Gasteiger partial charge >= 0.3 is 5.97 Å². The topological polar surface area (TPSA) is 86.6 Å². The van der Waals surface area contributed by atoms with E-state index in [-0.39, 0.29) is 11.7 Å². The summed E-state index contributed by atoms with van der Waals surface area (Å²) in [6.07, 6.45) is 0. The molecule has 0 saturated carbocycles. The number of hydrogen-bond acceptors (Lipinski definition) is 3. The van der Waals surface area contributed by atoms with Crippen molar-refractivity contribution in [2.75, 3.05) is 5.32 Å². The number of carboxylic acid groups (broad SMARTS) is 1. The maximum atomic E-state index is 12.6. The number of carbonyl (C=O) groups excluding carboxylic acids is 1. The molecule has 0 aliphatic heterocycles. The quantitative estimate of drug-likeness (QED) is 0.777. The van der Waals surface area contributed by atoms with Crippen LogP contribution in [0.25, 0.3) is 0 Å². The molecule has 1 unspecified atom stereocenters. The van der Waals surface area contributed by atoms with Crippen LogP contribution in [0.2, 0.25) is 5.02 Å². The number of nitrogens with one attached hydrogen (secondary N) is 1. The molecule has 0 heterocycles. The van der Waals surface area contributed by atoms with Crippen LogP contribution in [0.5, 0.6) is 5.75 Å². The average molecular weight is 348 g/mol. The fourth-order valence-corrected chi connectivity index (χ4v) is 2.70. The highest BCUT2D eigenvalue weighted by Gasteiger charge is 2.18. The van der Waals surface area contributed by atoms with Crippen molar-refractivity contribution >= 4 is 29.2 Å². The van der Waals surface area contributed by atoms with E-state index in [2.05, 4.69) is 5.32 Å². The molecule has 2 aromatic rings. The van der Waals surface area contributed by atoms with E-state index >= 15 is 0 Å². The minimum atomic E-state index is -0.958. The molecule has 1 amide bonds. The molecule has 0 fully saturated rings. The molecular weight excluding hydrogens is 330 g/mol. The Labute approximate surface area is 144 Å². The van der Waals surface area contributed by atoms with Crippen LogP contribution >= 0.6 is 11.6 Å². The second kappa shape index (κ2) is 6.93. The maximum absolute atomic E-state index is 12.6. The lowest BCUT2D eigenvalue weighted by atomic mass is 10.00. The predicted molar refractivity (Wildman–Crippen MR) is 93.0 cm³/mol. The lowest BCUT2D eigenvalue weighted by Crippen LogP contribution is -2.16. The maximum Gasteiger partial charge on any atom is 0.310 e. The lowest BCUT2D eigenvalue weighted by Gasteiger charge is -2.14. The molecular formula is C18H18ClNO4. The second-order valence-corrected chi connectivity index (χ2v) is 6.12. The summed E-state index contributed by atoms with van der Waals surface area (Å²) in [5, 5.41) is 21.7. The van der Waals surface area contributed by atoms with E-state index in [0.29, 0.717) is 33.0 Å². The molecule has 1 atom stereocenters. The van der Waals surface area contributed by atoms with E-state index < -0.39 is 11.9 Å². The van der Waals surface area contributed by atoms with E-state index in [1.54, 1.807) is 39.0 Å². The van der Waals surface area contributed by atoms with Gasteiger partial charge in [-0.25, -0.2) is 0 Å². The Kier molecular flexibility index (Phi) is 5.14. The number of phenols is 1. The minimum Gasteiger partial charge on any atom is -0.508 e. The molecule has 0 radical (unpaired) electrons. The van der Waals surface area contributed by atoms with Gasteiger partial charge in [-0.05, 0) is 61.7 Å². The number of aromatic hydroxyl groups is 1. The molecule has 2 rings (SSSR count).